The third-order valence-corrected chi connectivity index (χ3v) is 3.74. The maximum absolute atomic E-state index is 12.5. The average molecular weight is 271 g/mol. The number of carbonyl (C=O) groups excluding carboxylic acids is 1. The Morgan fingerprint density at radius 1 is 1.50 bits per heavy atom. The van der Waals surface area contributed by atoms with Crippen LogP contribution in [0, 0.1) is 6.92 Å². The number of nitrogens with zero attached hydrogens (tertiary/aromatic N) is 2. The molecule has 1 aromatic heterocycles. The molecule has 1 unspecified atom stereocenters. The Bertz CT molecular complexity index is 636. The van der Waals surface area contributed by atoms with E-state index in [1.807, 2.05) is 18.2 Å². The van der Waals surface area contributed by atoms with Crippen LogP contribution in [0.3, 0.4) is 0 Å². The maximum Gasteiger partial charge on any atom is 0.293 e. The lowest BCUT2D eigenvalue weighted by atomic mass is 9.92. The van der Waals surface area contributed by atoms with Gasteiger partial charge in [-0.15, -0.1) is 0 Å². The topological polar surface area (TPSA) is 72.4 Å². The summed E-state index contributed by atoms with van der Waals surface area (Å²) in [6.07, 6.45) is 0.839. The first-order valence-electron chi connectivity index (χ1n) is 6.73. The molecule has 3 rings (SSSR count). The van der Waals surface area contributed by atoms with Crippen LogP contribution in [-0.2, 0) is 6.42 Å². The molecule has 1 atom stereocenters. The van der Waals surface area contributed by atoms with Gasteiger partial charge in [0.1, 0.15) is 0 Å². The summed E-state index contributed by atoms with van der Waals surface area (Å²) >= 11 is 0. The van der Waals surface area contributed by atoms with Gasteiger partial charge >= 0.3 is 0 Å². The smallest absolute Gasteiger partial charge is 0.293 e. The minimum atomic E-state index is -0.143. The summed E-state index contributed by atoms with van der Waals surface area (Å²) in [5.41, 5.74) is 8.99. The standard InChI is InChI=1S/C15H17N3O2/c1-10-8-14(20-17-10)15(19)18-7-6-11-4-2-3-5-12(11)13(18)9-16/h2-5,8,13H,6-7,9,16H2,1H3. The third-order valence-electron chi connectivity index (χ3n) is 3.74. The van der Waals surface area contributed by atoms with Gasteiger partial charge in [-0.05, 0) is 24.5 Å². The van der Waals surface area contributed by atoms with Gasteiger partial charge in [0.05, 0.1) is 11.7 Å². The second-order valence-corrected chi connectivity index (χ2v) is 5.03. The van der Waals surface area contributed by atoms with Crippen molar-refractivity contribution in [2.45, 2.75) is 19.4 Å². The molecule has 5 heteroatoms. The van der Waals surface area contributed by atoms with Crippen LogP contribution in [0.5, 0.6) is 0 Å². The Hall–Kier alpha value is -2.14. The first kappa shape index (κ1) is 12.9. The molecule has 2 aromatic rings. The Kier molecular flexibility index (Phi) is 3.28. The van der Waals surface area contributed by atoms with E-state index < -0.39 is 0 Å². The lowest BCUT2D eigenvalue weighted by Gasteiger charge is -2.36. The Labute approximate surface area is 117 Å². The molecule has 0 radical (unpaired) electrons. The van der Waals surface area contributed by atoms with E-state index in [1.54, 1.807) is 17.9 Å². The molecule has 0 aliphatic carbocycles. The quantitative estimate of drug-likeness (QED) is 0.902. The number of aryl methyl sites for hydroxylation is 1. The number of hydrogen-bond acceptors (Lipinski definition) is 4. The number of nitrogens with two attached hydrogens (primary N) is 1. The minimum Gasteiger partial charge on any atom is -0.351 e. The number of benzene rings is 1. The molecule has 1 amide bonds. The van der Waals surface area contributed by atoms with Crippen LogP contribution in [-0.4, -0.2) is 29.1 Å². The summed E-state index contributed by atoms with van der Waals surface area (Å²) in [5, 5.41) is 3.77. The molecule has 5 nitrogen and oxygen atoms in total. The summed E-state index contributed by atoms with van der Waals surface area (Å²) in [7, 11) is 0. The molecule has 2 heterocycles. The molecule has 1 aliphatic heterocycles. The molecule has 20 heavy (non-hydrogen) atoms. The van der Waals surface area contributed by atoms with Crippen molar-refractivity contribution < 1.29 is 9.32 Å². The van der Waals surface area contributed by atoms with Crippen LogP contribution in [0.25, 0.3) is 0 Å². The van der Waals surface area contributed by atoms with Gasteiger partial charge in [-0.25, -0.2) is 0 Å². The Morgan fingerprint density at radius 3 is 3.00 bits per heavy atom. The number of rotatable bonds is 2. The summed E-state index contributed by atoms with van der Waals surface area (Å²) in [4.78, 5) is 14.3. The molecule has 104 valence electrons. The fourth-order valence-corrected chi connectivity index (χ4v) is 2.75. The van der Waals surface area contributed by atoms with E-state index in [2.05, 4.69) is 11.2 Å². The number of fused-ring (bicyclic) bond motifs is 1. The summed E-state index contributed by atoms with van der Waals surface area (Å²) in [6.45, 7) is 2.85. The van der Waals surface area contributed by atoms with Gasteiger partial charge < -0.3 is 15.2 Å². The predicted molar refractivity (Wildman–Crippen MR) is 74.2 cm³/mol. The summed E-state index contributed by atoms with van der Waals surface area (Å²) in [5.74, 6) is 0.135. The van der Waals surface area contributed by atoms with E-state index in [4.69, 9.17) is 10.3 Å². The molecule has 0 fully saturated rings. The zero-order valence-electron chi connectivity index (χ0n) is 11.4. The van der Waals surface area contributed by atoms with Crippen LogP contribution < -0.4 is 5.73 Å². The molecule has 2 N–H and O–H groups in total. The average Bonchev–Trinajstić information content (AvgIpc) is 2.91. The third kappa shape index (κ3) is 2.10. The minimum absolute atomic E-state index is 0.0992. The van der Waals surface area contributed by atoms with E-state index in [0.717, 1.165) is 12.0 Å². The van der Waals surface area contributed by atoms with Crippen molar-refractivity contribution >= 4 is 5.91 Å². The van der Waals surface area contributed by atoms with Crippen LogP contribution in [0.15, 0.2) is 34.9 Å². The SMILES string of the molecule is Cc1cc(C(=O)N2CCc3ccccc3C2CN)on1. The van der Waals surface area contributed by atoms with Crippen molar-refractivity contribution in [2.24, 2.45) is 5.73 Å². The van der Waals surface area contributed by atoms with E-state index in [0.29, 0.717) is 18.8 Å². The first-order valence-corrected chi connectivity index (χ1v) is 6.73. The number of aromatic nitrogens is 1. The summed E-state index contributed by atoms with van der Waals surface area (Å²) in [6, 6.07) is 9.70. The van der Waals surface area contributed by atoms with Crippen molar-refractivity contribution in [2.75, 3.05) is 13.1 Å². The highest BCUT2D eigenvalue weighted by molar-refractivity contribution is 5.92. The van der Waals surface area contributed by atoms with Gasteiger partial charge in [0.15, 0.2) is 0 Å². The molecule has 1 aliphatic rings. The highest BCUT2D eigenvalue weighted by Crippen LogP contribution is 2.30. The maximum atomic E-state index is 12.5. The molecular formula is C15H17N3O2. The van der Waals surface area contributed by atoms with Crippen molar-refractivity contribution in [3.05, 3.63) is 52.9 Å². The van der Waals surface area contributed by atoms with Gasteiger partial charge in [-0.3, -0.25) is 4.79 Å². The van der Waals surface area contributed by atoms with Crippen LogP contribution >= 0.6 is 0 Å². The second kappa shape index (κ2) is 5.09. The molecule has 0 spiro atoms. The normalized spacial score (nSPS) is 17.9. The van der Waals surface area contributed by atoms with E-state index in [9.17, 15) is 4.79 Å². The number of amides is 1. The lowest BCUT2D eigenvalue weighted by molar-refractivity contribution is 0.0625. The van der Waals surface area contributed by atoms with Gasteiger partial charge in [0, 0.05) is 19.2 Å². The zero-order valence-corrected chi connectivity index (χ0v) is 11.4. The fourth-order valence-electron chi connectivity index (χ4n) is 2.75. The van der Waals surface area contributed by atoms with Gasteiger partial charge in [-0.1, -0.05) is 29.4 Å². The van der Waals surface area contributed by atoms with Gasteiger partial charge in [-0.2, -0.15) is 0 Å². The van der Waals surface area contributed by atoms with Crippen molar-refractivity contribution in [3.63, 3.8) is 0 Å². The Balaban J connectivity index is 1.93. The predicted octanol–water partition coefficient (Wildman–Crippen LogP) is 1.68. The van der Waals surface area contributed by atoms with Crippen LogP contribution in [0.4, 0.5) is 0 Å². The molecule has 0 saturated heterocycles. The zero-order chi connectivity index (χ0) is 14.1. The van der Waals surface area contributed by atoms with E-state index >= 15 is 0 Å². The molecule has 0 saturated carbocycles. The lowest BCUT2D eigenvalue weighted by Crippen LogP contribution is -2.43. The second-order valence-electron chi connectivity index (χ2n) is 5.03. The van der Waals surface area contributed by atoms with Crippen LogP contribution in [0.1, 0.15) is 33.4 Å². The largest absolute Gasteiger partial charge is 0.351 e. The first-order chi connectivity index (χ1) is 9.70. The highest BCUT2D eigenvalue weighted by atomic mass is 16.5. The van der Waals surface area contributed by atoms with Crippen molar-refractivity contribution in [1.29, 1.82) is 0 Å². The van der Waals surface area contributed by atoms with E-state index in [-0.39, 0.29) is 17.7 Å². The molecular weight excluding hydrogens is 254 g/mol. The van der Waals surface area contributed by atoms with Gasteiger partial charge in [0.2, 0.25) is 5.76 Å². The van der Waals surface area contributed by atoms with E-state index in [1.165, 1.54) is 5.56 Å². The number of carbonyl (C=O) groups is 1. The van der Waals surface area contributed by atoms with Crippen LogP contribution in [0.2, 0.25) is 0 Å². The van der Waals surface area contributed by atoms with Gasteiger partial charge in [0.25, 0.3) is 5.91 Å². The summed E-state index contributed by atoms with van der Waals surface area (Å²) < 4.78 is 5.08. The number of hydrogen-bond donors (Lipinski definition) is 1. The Morgan fingerprint density at radius 2 is 2.30 bits per heavy atom. The molecule has 1 aromatic carbocycles. The fraction of sp³-hybridized carbons (Fsp3) is 0.333. The van der Waals surface area contributed by atoms with Crippen molar-refractivity contribution in [1.82, 2.24) is 10.1 Å². The highest BCUT2D eigenvalue weighted by Gasteiger charge is 2.31. The molecule has 0 bridgehead atoms. The monoisotopic (exact) mass is 271 g/mol. The van der Waals surface area contributed by atoms with Crippen molar-refractivity contribution in [3.8, 4) is 0 Å².